The lowest BCUT2D eigenvalue weighted by molar-refractivity contribution is -0.157. The van der Waals surface area contributed by atoms with Crippen molar-refractivity contribution in [1.82, 2.24) is 19.6 Å². The van der Waals surface area contributed by atoms with Gasteiger partial charge < -0.3 is 28.8 Å². The predicted molar refractivity (Wildman–Crippen MR) is 185 cm³/mol. The lowest BCUT2D eigenvalue weighted by Crippen LogP contribution is -2.56. The SMILES string of the molecule is CCN(N)c1nc(N)nc2c1ccn2C(C)CC(COP(NC1(C(=O)OCc2ccccc2C(F)(F)F)CCC1)Oc1ccc(Cl)cc1)OC. The van der Waals surface area contributed by atoms with Crippen LogP contribution in [-0.4, -0.2) is 52.4 Å². The van der Waals surface area contributed by atoms with Crippen molar-refractivity contribution in [1.29, 1.82) is 0 Å². The molecule has 5 rings (SSSR count). The molecule has 12 nitrogen and oxygen atoms in total. The Morgan fingerprint density at radius 2 is 1.88 bits per heavy atom. The quantitative estimate of drug-likeness (QED) is 0.0475. The molecular weight excluding hydrogens is 698 g/mol. The number of aromatic nitrogens is 3. The lowest BCUT2D eigenvalue weighted by Gasteiger charge is -2.41. The number of rotatable bonds is 16. The van der Waals surface area contributed by atoms with Crippen LogP contribution in [0.1, 0.15) is 56.7 Å². The van der Waals surface area contributed by atoms with Crippen LogP contribution in [0.15, 0.2) is 60.8 Å². The number of methoxy groups -OCH3 is 1. The molecule has 1 aliphatic carbocycles. The van der Waals surface area contributed by atoms with Crippen molar-refractivity contribution in [3.63, 3.8) is 0 Å². The smallest absolute Gasteiger partial charge is 0.416 e. The molecular formula is C33H40ClF3N7O5P. The van der Waals surface area contributed by atoms with E-state index in [1.165, 1.54) is 23.2 Å². The van der Waals surface area contributed by atoms with E-state index in [0.717, 1.165) is 11.5 Å². The number of hydrogen-bond donors (Lipinski definition) is 3. The van der Waals surface area contributed by atoms with Gasteiger partial charge in [-0.2, -0.15) is 23.1 Å². The number of ether oxygens (including phenoxy) is 2. The molecule has 5 N–H and O–H groups in total. The summed E-state index contributed by atoms with van der Waals surface area (Å²) in [5.41, 5.74) is 4.44. The molecule has 0 saturated heterocycles. The molecule has 270 valence electrons. The minimum absolute atomic E-state index is 0.0746. The number of benzene rings is 2. The zero-order valence-corrected chi connectivity index (χ0v) is 29.5. The number of carbonyl (C=O) groups excluding carboxylic acids is 1. The Labute approximate surface area is 294 Å². The van der Waals surface area contributed by atoms with Crippen LogP contribution in [0.25, 0.3) is 11.0 Å². The molecule has 0 radical (unpaired) electrons. The van der Waals surface area contributed by atoms with Gasteiger partial charge in [-0.3, -0.25) is 9.80 Å². The van der Waals surface area contributed by atoms with Crippen molar-refractivity contribution in [3.05, 3.63) is 76.9 Å². The minimum Gasteiger partial charge on any atom is -0.459 e. The predicted octanol–water partition coefficient (Wildman–Crippen LogP) is 6.93. The number of nitrogen functional groups attached to an aromatic ring is 1. The Balaban J connectivity index is 1.30. The van der Waals surface area contributed by atoms with Crippen molar-refractivity contribution in [2.45, 2.75) is 70.0 Å². The van der Waals surface area contributed by atoms with E-state index in [4.69, 9.17) is 41.7 Å². The Morgan fingerprint density at radius 1 is 1.16 bits per heavy atom. The number of hydrogen-bond acceptors (Lipinski definition) is 11. The molecule has 2 aromatic carbocycles. The average molecular weight is 738 g/mol. The number of nitrogens with two attached hydrogens (primary N) is 2. The summed E-state index contributed by atoms with van der Waals surface area (Å²) in [5, 5.41) is 5.97. The van der Waals surface area contributed by atoms with E-state index in [1.807, 2.05) is 30.7 Å². The summed E-state index contributed by atoms with van der Waals surface area (Å²) < 4.78 is 66.3. The van der Waals surface area contributed by atoms with Crippen molar-refractivity contribution in [3.8, 4) is 5.75 Å². The third-order valence-electron chi connectivity index (χ3n) is 8.56. The van der Waals surface area contributed by atoms with Crippen molar-refractivity contribution in [2.24, 2.45) is 5.84 Å². The van der Waals surface area contributed by atoms with Gasteiger partial charge in [0.1, 0.15) is 23.5 Å². The van der Waals surface area contributed by atoms with Crippen LogP contribution in [0.4, 0.5) is 24.9 Å². The first-order chi connectivity index (χ1) is 23.8. The van der Waals surface area contributed by atoms with Gasteiger partial charge in [0.25, 0.3) is 0 Å². The molecule has 4 aromatic rings. The van der Waals surface area contributed by atoms with Crippen LogP contribution in [0.2, 0.25) is 5.02 Å². The molecule has 1 fully saturated rings. The fourth-order valence-corrected chi connectivity index (χ4v) is 7.15. The Kier molecular flexibility index (Phi) is 12.1. The molecule has 0 spiro atoms. The van der Waals surface area contributed by atoms with E-state index in [1.54, 1.807) is 31.4 Å². The molecule has 0 aliphatic heterocycles. The third-order valence-corrected chi connectivity index (χ3v) is 10.2. The zero-order chi connectivity index (χ0) is 36.1. The average Bonchev–Trinajstić information content (AvgIpc) is 3.50. The standard InChI is InChI=1S/C33H40ClF3N7O5P/c1-4-44(39)29-26-14-17-43(28(26)40-31(38)41-29)21(2)18-25(46-3)20-48-50(49-24-12-10-23(34)11-13-24)42-32(15-7-16-32)30(45)47-19-22-8-5-6-9-27(22)33(35,36)37/h5-6,8-14,17,21,25,42H,4,7,15-16,18-20,39H2,1-3H3,(H2,38,40,41). The van der Waals surface area contributed by atoms with Gasteiger partial charge in [0.05, 0.1) is 23.7 Å². The summed E-state index contributed by atoms with van der Waals surface area (Å²) in [5.74, 6) is 6.51. The van der Waals surface area contributed by atoms with Gasteiger partial charge in [-0.15, -0.1) is 0 Å². The number of halogens is 4. The van der Waals surface area contributed by atoms with E-state index < -0.39 is 44.5 Å². The van der Waals surface area contributed by atoms with Crippen LogP contribution < -0.4 is 26.2 Å². The molecule has 0 bridgehead atoms. The van der Waals surface area contributed by atoms with Crippen LogP contribution in [0.5, 0.6) is 5.75 Å². The minimum atomic E-state index is -4.58. The Hall–Kier alpha value is -3.72. The third kappa shape index (κ3) is 8.76. The molecule has 3 atom stereocenters. The highest BCUT2D eigenvalue weighted by Crippen LogP contribution is 2.45. The van der Waals surface area contributed by atoms with Crippen molar-refractivity contribution < 1.29 is 36.5 Å². The van der Waals surface area contributed by atoms with Gasteiger partial charge in [0, 0.05) is 36.5 Å². The number of esters is 1. The van der Waals surface area contributed by atoms with E-state index in [2.05, 4.69) is 15.1 Å². The van der Waals surface area contributed by atoms with Crippen molar-refractivity contribution in [2.75, 3.05) is 31.0 Å². The lowest BCUT2D eigenvalue weighted by atomic mass is 9.78. The number of carbonyl (C=O) groups is 1. The van der Waals surface area contributed by atoms with Gasteiger partial charge in [0.2, 0.25) is 5.95 Å². The maximum absolute atomic E-state index is 13.5. The van der Waals surface area contributed by atoms with Crippen LogP contribution in [0.3, 0.4) is 0 Å². The normalized spacial score (nSPS) is 16.0. The van der Waals surface area contributed by atoms with Crippen molar-refractivity contribution >= 4 is 48.9 Å². The first-order valence-corrected chi connectivity index (χ1v) is 17.5. The second-order valence-corrected chi connectivity index (χ2v) is 13.6. The molecule has 2 heterocycles. The molecule has 1 saturated carbocycles. The monoisotopic (exact) mass is 737 g/mol. The number of alkyl halides is 3. The second-order valence-electron chi connectivity index (χ2n) is 12.0. The van der Waals surface area contributed by atoms with E-state index >= 15 is 0 Å². The van der Waals surface area contributed by atoms with Crippen LogP contribution in [-0.2, 0) is 31.6 Å². The largest absolute Gasteiger partial charge is 0.459 e. The Bertz CT molecular complexity index is 1760. The number of nitrogens with zero attached hydrogens (tertiary/aromatic N) is 4. The fraction of sp³-hybridized carbons (Fsp3) is 0.424. The number of nitrogens with one attached hydrogen (secondary N) is 1. The van der Waals surface area contributed by atoms with Gasteiger partial charge >= 0.3 is 20.7 Å². The van der Waals surface area contributed by atoms with E-state index in [9.17, 15) is 18.0 Å². The summed E-state index contributed by atoms with van der Waals surface area (Å²) in [6.45, 7) is 3.97. The molecule has 50 heavy (non-hydrogen) atoms. The summed E-state index contributed by atoms with van der Waals surface area (Å²) >= 11 is 6.07. The number of fused-ring (bicyclic) bond motifs is 1. The first-order valence-electron chi connectivity index (χ1n) is 16.0. The summed E-state index contributed by atoms with van der Waals surface area (Å²) in [7, 11) is -0.414. The maximum Gasteiger partial charge on any atom is 0.416 e. The van der Waals surface area contributed by atoms with E-state index in [-0.39, 0.29) is 24.2 Å². The first kappa shape index (κ1) is 37.5. The summed E-state index contributed by atoms with van der Waals surface area (Å²) in [6.07, 6.45) is -1.16. The van der Waals surface area contributed by atoms with Gasteiger partial charge in [-0.05, 0) is 75.9 Å². The fourth-order valence-electron chi connectivity index (χ4n) is 5.58. The highest BCUT2D eigenvalue weighted by atomic mass is 35.5. The van der Waals surface area contributed by atoms with Gasteiger partial charge in [-0.1, -0.05) is 29.8 Å². The summed E-state index contributed by atoms with van der Waals surface area (Å²) in [6, 6.07) is 13.4. The van der Waals surface area contributed by atoms with Gasteiger partial charge in [-0.25, -0.2) is 10.9 Å². The van der Waals surface area contributed by atoms with E-state index in [0.29, 0.717) is 54.5 Å². The van der Waals surface area contributed by atoms with Gasteiger partial charge in [0.15, 0.2) is 5.82 Å². The molecule has 3 unspecified atom stereocenters. The Morgan fingerprint density at radius 3 is 2.52 bits per heavy atom. The number of anilines is 2. The molecule has 0 amide bonds. The second kappa shape index (κ2) is 16.1. The highest BCUT2D eigenvalue weighted by Gasteiger charge is 2.48. The maximum atomic E-state index is 13.5. The highest BCUT2D eigenvalue weighted by molar-refractivity contribution is 7.45. The number of hydrazine groups is 1. The molecule has 2 aromatic heterocycles. The summed E-state index contributed by atoms with van der Waals surface area (Å²) in [4.78, 5) is 22.2. The van der Waals surface area contributed by atoms with Crippen LogP contribution >= 0.6 is 20.1 Å². The molecule has 1 aliphatic rings. The zero-order valence-electron chi connectivity index (χ0n) is 27.8. The molecule has 17 heteroatoms. The van der Waals surface area contributed by atoms with Crippen LogP contribution in [0, 0.1) is 0 Å². The topological polar surface area (TPSA) is 152 Å².